The Morgan fingerprint density at radius 1 is 0.774 bits per heavy atom. The van der Waals surface area contributed by atoms with E-state index in [2.05, 4.69) is 21.1 Å². The van der Waals surface area contributed by atoms with Crippen molar-refractivity contribution in [1.82, 2.24) is 10.9 Å². The Morgan fingerprint density at radius 2 is 1.19 bits per heavy atom. The van der Waals surface area contributed by atoms with Crippen LogP contribution in [-0.2, 0) is 9.59 Å². The molecule has 0 aliphatic heterocycles. The van der Waals surface area contributed by atoms with Gasteiger partial charge in [0, 0.05) is 24.0 Å². The minimum Gasteiger partial charge on any atom is -0.493 e. The fourth-order valence-electron chi connectivity index (χ4n) is 2.62. The second kappa shape index (κ2) is 13.5. The molecule has 0 saturated carbocycles. The zero-order valence-electron chi connectivity index (χ0n) is 17.8. The number of hydrogen-bond acceptors (Lipinski definition) is 6. The van der Waals surface area contributed by atoms with E-state index in [9.17, 15) is 9.59 Å². The van der Waals surface area contributed by atoms with Crippen LogP contribution in [0.1, 0.15) is 44.2 Å². The first-order chi connectivity index (χ1) is 15.1. The van der Waals surface area contributed by atoms with Crippen LogP contribution < -0.4 is 20.3 Å². The summed E-state index contributed by atoms with van der Waals surface area (Å²) in [4.78, 5) is 23.8. The number of carbonyl (C=O) groups is 2. The minimum absolute atomic E-state index is 0.175. The van der Waals surface area contributed by atoms with Gasteiger partial charge in [-0.2, -0.15) is 10.2 Å². The summed E-state index contributed by atoms with van der Waals surface area (Å²) in [5, 5.41) is 7.90. The number of ether oxygens (including phenoxy) is 2. The van der Waals surface area contributed by atoms with Crippen molar-refractivity contribution in [2.75, 3.05) is 13.2 Å². The van der Waals surface area contributed by atoms with Gasteiger partial charge in [-0.25, -0.2) is 10.9 Å². The molecule has 0 aliphatic carbocycles. The molecule has 2 aromatic carbocycles. The number of hydrazone groups is 2. The summed E-state index contributed by atoms with van der Waals surface area (Å²) in [5.41, 5.74) is 6.46. The average molecular weight is 425 g/mol. The van der Waals surface area contributed by atoms with Crippen LogP contribution in [0.3, 0.4) is 0 Å². The summed E-state index contributed by atoms with van der Waals surface area (Å²) in [5.74, 6) is 0.854. The Hall–Kier alpha value is -3.68. The van der Waals surface area contributed by atoms with E-state index in [4.69, 9.17) is 9.47 Å². The van der Waals surface area contributed by atoms with E-state index >= 15 is 0 Å². The molecule has 0 heterocycles. The van der Waals surface area contributed by atoms with Crippen LogP contribution in [0.15, 0.2) is 58.7 Å². The Morgan fingerprint density at radius 3 is 1.61 bits per heavy atom. The van der Waals surface area contributed by atoms with Gasteiger partial charge in [0.15, 0.2) is 0 Å². The van der Waals surface area contributed by atoms with Crippen molar-refractivity contribution in [1.29, 1.82) is 0 Å². The normalized spacial score (nSPS) is 10.9. The lowest BCUT2D eigenvalue weighted by atomic mass is 10.2. The summed E-state index contributed by atoms with van der Waals surface area (Å²) < 4.78 is 11.0. The number of amides is 2. The molecule has 0 unspecified atom stereocenters. The van der Waals surface area contributed by atoms with Gasteiger partial charge >= 0.3 is 0 Å². The SMILES string of the molecule is CCOc1ccccc1C=NNC(=O)CCCC(=O)N/N=C/c1ccccc1OCC. The van der Waals surface area contributed by atoms with Gasteiger partial charge in [-0.3, -0.25) is 9.59 Å². The van der Waals surface area contributed by atoms with Gasteiger partial charge in [0.25, 0.3) is 0 Å². The highest BCUT2D eigenvalue weighted by molar-refractivity contribution is 5.86. The highest BCUT2D eigenvalue weighted by Crippen LogP contribution is 2.16. The highest BCUT2D eigenvalue weighted by Gasteiger charge is 2.05. The predicted octanol–water partition coefficient (Wildman–Crippen LogP) is 3.25. The second-order valence-electron chi connectivity index (χ2n) is 6.38. The number of para-hydroxylation sites is 2. The summed E-state index contributed by atoms with van der Waals surface area (Å²) >= 11 is 0. The standard InChI is InChI=1S/C23H28N4O4/c1-3-30-20-12-7-5-10-18(20)16-24-26-22(28)14-9-15-23(29)27-25-17-19-11-6-8-13-21(19)31-4-2/h5-8,10-13,16-17H,3-4,9,14-15H2,1-2H3,(H,26,28)(H,27,29)/b24-16+,25-17?. The molecule has 8 heteroatoms. The first-order valence-corrected chi connectivity index (χ1v) is 10.2. The van der Waals surface area contributed by atoms with Crippen molar-refractivity contribution in [3.8, 4) is 11.5 Å². The fraction of sp³-hybridized carbons (Fsp3) is 0.304. The molecule has 0 spiro atoms. The Bertz CT molecular complexity index is 838. The fourth-order valence-corrected chi connectivity index (χ4v) is 2.62. The van der Waals surface area contributed by atoms with Crippen LogP contribution in [0, 0.1) is 0 Å². The molecule has 2 N–H and O–H groups in total. The minimum atomic E-state index is -0.271. The molecular formula is C23H28N4O4. The maximum absolute atomic E-state index is 11.9. The number of carbonyl (C=O) groups excluding carboxylic acids is 2. The molecule has 2 amide bonds. The van der Waals surface area contributed by atoms with Crippen LogP contribution in [0.5, 0.6) is 11.5 Å². The molecule has 31 heavy (non-hydrogen) atoms. The van der Waals surface area contributed by atoms with E-state index < -0.39 is 0 Å². The van der Waals surface area contributed by atoms with Gasteiger partial charge in [-0.15, -0.1) is 0 Å². The molecule has 8 nitrogen and oxygen atoms in total. The van der Waals surface area contributed by atoms with E-state index in [0.717, 1.165) is 11.1 Å². The number of rotatable bonds is 12. The van der Waals surface area contributed by atoms with Crippen LogP contribution in [0.25, 0.3) is 0 Å². The Kier molecular flexibility index (Phi) is 10.3. The molecule has 164 valence electrons. The van der Waals surface area contributed by atoms with Crippen molar-refractivity contribution in [2.45, 2.75) is 33.1 Å². The lowest BCUT2D eigenvalue weighted by Crippen LogP contribution is -2.20. The third kappa shape index (κ3) is 8.69. The summed E-state index contributed by atoms with van der Waals surface area (Å²) in [6.45, 7) is 4.89. The van der Waals surface area contributed by atoms with E-state index in [1.54, 1.807) is 0 Å². The van der Waals surface area contributed by atoms with Crippen molar-refractivity contribution in [3.05, 3.63) is 59.7 Å². The van der Waals surface area contributed by atoms with Gasteiger partial charge in [-0.05, 0) is 44.5 Å². The summed E-state index contributed by atoms with van der Waals surface area (Å²) in [6.07, 6.45) is 3.80. The van der Waals surface area contributed by atoms with Gasteiger partial charge in [0.05, 0.1) is 25.6 Å². The number of benzene rings is 2. The number of hydrogen-bond donors (Lipinski definition) is 2. The van der Waals surface area contributed by atoms with E-state index in [-0.39, 0.29) is 24.7 Å². The quantitative estimate of drug-likeness (QED) is 0.403. The molecule has 0 aromatic heterocycles. The van der Waals surface area contributed by atoms with Crippen molar-refractivity contribution >= 4 is 24.2 Å². The van der Waals surface area contributed by atoms with Crippen LogP contribution >= 0.6 is 0 Å². The molecule has 2 rings (SSSR count). The third-order valence-electron chi connectivity index (χ3n) is 4.03. The van der Waals surface area contributed by atoms with E-state index in [1.807, 2.05) is 62.4 Å². The molecule has 0 atom stereocenters. The molecular weight excluding hydrogens is 396 g/mol. The van der Waals surface area contributed by atoms with Crippen LogP contribution in [0.4, 0.5) is 0 Å². The zero-order chi connectivity index (χ0) is 22.3. The summed E-state index contributed by atoms with van der Waals surface area (Å²) in [6, 6.07) is 14.8. The van der Waals surface area contributed by atoms with Crippen LogP contribution in [-0.4, -0.2) is 37.5 Å². The highest BCUT2D eigenvalue weighted by atomic mass is 16.5. The Labute approximate surface area is 182 Å². The maximum Gasteiger partial charge on any atom is 0.240 e. The number of nitrogens with zero attached hydrogens (tertiary/aromatic N) is 2. The van der Waals surface area contributed by atoms with Gasteiger partial charge in [-0.1, -0.05) is 24.3 Å². The summed E-state index contributed by atoms with van der Waals surface area (Å²) in [7, 11) is 0. The molecule has 0 fully saturated rings. The molecule has 0 radical (unpaired) electrons. The van der Waals surface area contributed by atoms with Gasteiger partial charge in [0.1, 0.15) is 11.5 Å². The van der Waals surface area contributed by atoms with E-state index in [1.165, 1.54) is 12.4 Å². The van der Waals surface area contributed by atoms with Crippen molar-refractivity contribution in [2.24, 2.45) is 10.2 Å². The van der Waals surface area contributed by atoms with Crippen molar-refractivity contribution in [3.63, 3.8) is 0 Å². The largest absolute Gasteiger partial charge is 0.493 e. The topological polar surface area (TPSA) is 101 Å². The molecule has 0 saturated heterocycles. The first kappa shape index (κ1) is 23.6. The van der Waals surface area contributed by atoms with Crippen LogP contribution in [0.2, 0.25) is 0 Å². The third-order valence-corrected chi connectivity index (χ3v) is 4.03. The smallest absolute Gasteiger partial charge is 0.240 e. The van der Waals surface area contributed by atoms with E-state index in [0.29, 0.717) is 31.1 Å². The monoisotopic (exact) mass is 424 g/mol. The molecule has 0 aliphatic rings. The van der Waals surface area contributed by atoms with Gasteiger partial charge in [0.2, 0.25) is 11.8 Å². The Balaban J connectivity index is 1.70. The first-order valence-electron chi connectivity index (χ1n) is 10.2. The second-order valence-corrected chi connectivity index (χ2v) is 6.38. The number of nitrogens with one attached hydrogen (secondary N) is 2. The lowest BCUT2D eigenvalue weighted by Gasteiger charge is -2.06. The molecule has 2 aromatic rings. The van der Waals surface area contributed by atoms with Gasteiger partial charge < -0.3 is 9.47 Å². The lowest BCUT2D eigenvalue weighted by molar-refractivity contribution is -0.122. The van der Waals surface area contributed by atoms with Crippen molar-refractivity contribution < 1.29 is 19.1 Å². The maximum atomic E-state index is 11.9. The molecule has 0 bridgehead atoms. The predicted molar refractivity (Wildman–Crippen MR) is 121 cm³/mol. The zero-order valence-corrected chi connectivity index (χ0v) is 17.8. The average Bonchev–Trinajstić information content (AvgIpc) is 2.76.